The molecule has 0 amide bonds. The van der Waals surface area contributed by atoms with E-state index in [2.05, 4.69) is 19.5 Å². The Kier molecular flexibility index (Phi) is 5.98. The molecule has 2 aromatic heterocycles. The molecule has 1 aliphatic rings. The Bertz CT molecular complexity index is 875. The van der Waals surface area contributed by atoms with E-state index in [1.54, 1.807) is 0 Å². The molecule has 1 fully saturated rings. The molecule has 0 bridgehead atoms. The first-order chi connectivity index (χ1) is 13.2. The summed E-state index contributed by atoms with van der Waals surface area (Å²) in [5.74, 6) is 0.135. The van der Waals surface area contributed by atoms with E-state index in [-0.39, 0.29) is 17.9 Å². The fraction of sp³-hybridized carbons (Fsp3) is 0.643. The van der Waals surface area contributed by atoms with Gasteiger partial charge in [0.05, 0.1) is 12.9 Å². The third-order valence-corrected chi connectivity index (χ3v) is 5.17. The van der Waals surface area contributed by atoms with E-state index in [1.165, 1.54) is 17.2 Å². The van der Waals surface area contributed by atoms with Gasteiger partial charge in [0.2, 0.25) is 0 Å². The van der Waals surface area contributed by atoms with Gasteiger partial charge >= 0.3 is 7.82 Å². The van der Waals surface area contributed by atoms with Crippen molar-refractivity contribution in [3.05, 3.63) is 12.7 Å². The summed E-state index contributed by atoms with van der Waals surface area (Å²) in [5.41, 5.74) is 10.4. The van der Waals surface area contributed by atoms with Crippen molar-refractivity contribution in [3.63, 3.8) is 0 Å². The minimum Gasteiger partial charge on any atom is -0.387 e. The molecule has 14 heteroatoms. The summed E-state index contributed by atoms with van der Waals surface area (Å²) < 4.78 is 22.8. The smallest absolute Gasteiger partial charge is 0.387 e. The van der Waals surface area contributed by atoms with Crippen LogP contribution in [-0.4, -0.2) is 71.0 Å². The van der Waals surface area contributed by atoms with E-state index >= 15 is 0 Å². The minimum absolute atomic E-state index is 0.135. The maximum absolute atomic E-state index is 11.0. The maximum Gasteiger partial charge on any atom is 0.469 e. The number of fused-ring (bicyclic) bond motifs is 1. The first-order valence-electron chi connectivity index (χ1n) is 8.57. The highest BCUT2D eigenvalue weighted by atomic mass is 31.2. The van der Waals surface area contributed by atoms with Crippen molar-refractivity contribution < 1.29 is 33.8 Å². The zero-order valence-electron chi connectivity index (χ0n) is 14.8. The Morgan fingerprint density at radius 2 is 2.04 bits per heavy atom. The fourth-order valence-corrected chi connectivity index (χ4v) is 3.70. The molecule has 0 aliphatic carbocycles. The van der Waals surface area contributed by atoms with Crippen molar-refractivity contribution in [2.24, 2.45) is 5.73 Å². The lowest BCUT2D eigenvalue weighted by molar-refractivity contribution is -0.150. The number of nitrogens with zero attached hydrogens (tertiary/aromatic N) is 4. The van der Waals surface area contributed by atoms with Gasteiger partial charge in [-0.3, -0.25) is 9.09 Å². The lowest BCUT2D eigenvalue weighted by atomic mass is 9.96. The number of hydrogen-bond acceptors (Lipinski definition) is 10. The maximum atomic E-state index is 11.0. The Morgan fingerprint density at radius 3 is 2.71 bits per heavy atom. The molecule has 8 N–H and O–H groups in total. The molecule has 0 unspecified atom stereocenters. The van der Waals surface area contributed by atoms with Crippen molar-refractivity contribution in [1.29, 1.82) is 0 Å². The highest BCUT2D eigenvalue weighted by molar-refractivity contribution is 7.46. The van der Waals surface area contributed by atoms with Gasteiger partial charge in [0.1, 0.15) is 30.2 Å². The van der Waals surface area contributed by atoms with Gasteiger partial charge in [0.15, 0.2) is 17.2 Å². The molecule has 156 valence electrons. The molecule has 2 aromatic rings. The number of phosphoric ester groups is 1. The number of aliphatic hydroxyl groups is 2. The number of rotatable bonds is 8. The van der Waals surface area contributed by atoms with E-state index < -0.39 is 38.5 Å². The van der Waals surface area contributed by atoms with E-state index in [9.17, 15) is 14.8 Å². The topological polar surface area (TPSA) is 212 Å². The lowest BCUT2D eigenvalue weighted by Gasteiger charge is -2.34. The molecule has 13 nitrogen and oxygen atoms in total. The number of ether oxygens (including phenoxy) is 1. The third-order valence-electron chi connectivity index (χ3n) is 4.69. The number of hydrogen-bond donors (Lipinski definition) is 6. The predicted molar refractivity (Wildman–Crippen MR) is 95.5 cm³/mol. The Labute approximate surface area is 159 Å². The molecule has 1 saturated heterocycles. The van der Waals surface area contributed by atoms with Crippen LogP contribution in [0.25, 0.3) is 11.2 Å². The second kappa shape index (κ2) is 7.97. The van der Waals surface area contributed by atoms with Crippen LogP contribution in [0, 0.1) is 0 Å². The van der Waals surface area contributed by atoms with Crippen LogP contribution in [0.3, 0.4) is 0 Å². The van der Waals surface area contributed by atoms with Crippen LogP contribution in [0.5, 0.6) is 0 Å². The van der Waals surface area contributed by atoms with Crippen LogP contribution < -0.4 is 11.5 Å². The third kappa shape index (κ3) is 3.88. The Balaban J connectivity index is 2.00. The van der Waals surface area contributed by atoms with Gasteiger partial charge in [-0.15, -0.1) is 0 Å². The standard InChI is InChI=1S/C14H23N6O7P/c15-4-2-1-3-14(20-7-19-9-12(16)17-6-18-13(9)20)11(22)10(21)8(27-14)5-26-28(23,24)25/h6-8,10-11,21-22H,1-5,15H2,(H2,16,17,18)(H2,23,24,25)/t8-,10-,11-,14-/m1/s1. The van der Waals surface area contributed by atoms with E-state index in [4.69, 9.17) is 26.0 Å². The van der Waals surface area contributed by atoms with Crippen molar-refractivity contribution in [2.45, 2.75) is 43.3 Å². The van der Waals surface area contributed by atoms with Crippen LogP contribution in [0.4, 0.5) is 5.82 Å². The molecule has 3 heterocycles. The summed E-state index contributed by atoms with van der Waals surface area (Å²) in [6.45, 7) is -0.204. The molecular weight excluding hydrogens is 395 g/mol. The molecule has 0 saturated carbocycles. The lowest BCUT2D eigenvalue weighted by Crippen LogP contribution is -2.45. The summed E-state index contributed by atoms with van der Waals surface area (Å²) in [4.78, 5) is 30.0. The SMILES string of the molecule is NCCCC[C@@]1(n2cnc3c(N)ncnc32)O[C@H](COP(=O)(O)O)[C@@H](O)[C@H]1O. The molecule has 0 aromatic carbocycles. The molecule has 0 spiro atoms. The molecule has 0 radical (unpaired) electrons. The number of phosphoric acid groups is 1. The molecule has 4 atom stereocenters. The summed E-state index contributed by atoms with van der Waals surface area (Å²) >= 11 is 0. The summed E-state index contributed by atoms with van der Waals surface area (Å²) in [6, 6.07) is 0. The monoisotopic (exact) mass is 418 g/mol. The van der Waals surface area contributed by atoms with Gasteiger partial charge in [-0.05, 0) is 25.8 Å². The van der Waals surface area contributed by atoms with E-state index in [1.807, 2.05) is 0 Å². The number of nitrogen functional groups attached to an aromatic ring is 1. The van der Waals surface area contributed by atoms with Gasteiger partial charge in [-0.25, -0.2) is 19.5 Å². The average Bonchev–Trinajstić information content (AvgIpc) is 3.16. The van der Waals surface area contributed by atoms with Gasteiger partial charge in [0.25, 0.3) is 0 Å². The van der Waals surface area contributed by atoms with Crippen molar-refractivity contribution >= 4 is 24.8 Å². The quantitative estimate of drug-likeness (QED) is 0.212. The van der Waals surface area contributed by atoms with Gasteiger partial charge in [-0.1, -0.05) is 0 Å². The van der Waals surface area contributed by atoms with Crippen LogP contribution in [0.1, 0.15) is 19.3 Å². The average molecular weight is 418 g/mol. The minimum atomic E-state index is -4.78. The largest absolute Gasteiger partial charge is 0.469 e. The van der Waals surface area contributed by atoms with Crippen LogP contribution in [-0.2, 0) is 19.6 Å². The number of unbranched alkanes of at least 4 members (excludes halogenated alkanes) is 1. The van der Waals surface area contributed by atoms with Crippen molar-refractivity contribution in [2.75, 3.05) is 18.9 Å². The molecule has 28 heavy (non-hydrogen) atoms. The first kappa shape index (κ1) is 21.0. The van der Waals surface area contributed by atoms with Crippen LogP contribution in [0.15, 0.2) is 12.7 Å². The Hall–Kier alpha value is -1.70. The normalized spacial score (nSPS) is 28.2. The molecule has 1 aliphatic heterocycles. The first-order valence-corrected chi connectivity index (χ1v) is 10.1. The van der Waals surface area contributed by atoms with Gasteiger partial charge in [-0.2, -0.15) is 0 Å². The zero-order valence-corrected chi connectivity index (χ0v) is 15.7. The number of nitrogens with two attached hydrogens (primary N) is 2. The fourth-order valence-electron chi connectivity index (χ4n) is 3.35. The van der Waals surface area contributed by atoms with E-state index in [0.717, 1.165) is 0 Å². The number of anilines is 1. The second-order valence-corrected chi connectivity index (χ2v) is 7.75. The second-order valence-electron chi connectivity index (χ2n) is 6.51. The number of aromatic nitrogens is 4. The van der Waals surface area contributed by atoms with Gasteiger partial charge in [0, 0.05) is 0 Å². The summed E-state index contributed by atoms with van der Waals surface area (Å²) in [5, 5.41) is 21.3. The predicted octanol–water partition coefficient (Wildman–Crippen LogP) is -1.58. The molecular formula is C14H23N6O7P. The zero-order chi connectivity index (χ0) is 20.5. The highest BCUT2D eigenvalue weighted by Crippen LogP contribution is 2.43. The molecule has 3 rings (SSSR count). The van der Waals surface area contributed by atoms with Crippen LogP contribution >= 0.6 is 7.82 Å². The van der Waals surface area contributed by atoms with Crippen molar-refractivity contribution in [1.82, 2.24) is 19.5 Å². The van der Waals surface area contributed by atoms with Crippen molar-refractivity contribution in [3.8, 4) is 0 Å². The van der Waals surface area contributed by atoms with E-state index in [0.29, 0.717) is 24.9 Å². The highest BCUT2D eigenvalue weighted by Gasteiger charge is 2.56. The Morgan fingerprint density at radius 1 is 1.29 bits per heavy atom. The summed E-state index contributed by atoms with van der Waals surface area (Å²) in [6.07, 6.45) is -0.143. The number of aliphatic hydroxyl groups excluding tert-OH is 2. The van der Waals surface area contributed by atoms with Crippen LogP contribution in [0.2, 0.25) is 0 Å². The number of imidazole rings is 1. The summed E-state index contributed by atoms with van der Waals surface area (Å²) in [7, 11) is -4.78. The van der Waals surface area contributed by atoms with Gasteiger partial charge < -0.3 is 36.2 Å².